The second-order valence-electron chi connectivity index (χ2n) is 7.67. The molecule has 1 saturated heterocycles. The molecular formula is C25H28N4O2. The molecular weight excluding hydrogens is 388 g/mol. The normalized spacial score (nSPS) is 14.0. The molecule has 1 amide bonds. The molecule has 6 heteroatoms. The fraction of sp³-hybridized carbons (Fsp3) is 0.320. The first-order valence-corrected chi connectivity index (χ1v) is 11.0. The van der Waals surface area contributed by atoms with Crippen LogP contribution in [0.25, 0.3) is 11.3 Å². The van der Waals surface area contributed by atoms with Gasteiger partial charge in [0.15, 0.2) is 5.82 Å². The van der Waals surface area contributed by atoms with Crippen molar-refractivity contribution in [2.75, 3.05) is 29.9 Å². The van der Waals surface area contributed by atoms with Gasteiger partial charge in [-0.25, -0.2) is 0 Å². The topological polar surface area (TPSA) is 67.3 Å². The van der Waals surface area contributed by atoms with Crippen molar-refractivity contribution in [3.63, 3.8) is 0 Å². The molecule has 6 nitrogen and oxygen atoms in total. The quantitative estimate of drug-likeness (QED) is 0.600. The second-order valence-corrected chi connectivity index (χ2v) is 7.67. The van der Waals surface area contributed by atoms with Gasteiger partial charge in [0, 0.05) is 29.9 Å². The lowest BCUT2D eigenvalue weighted by Gasteiger charge is -2.20. The molecule has 0 radical (unpaired) electrons. The van der Waals surface area contributed by atoms with E-state index in [9.17, 15) is 4.79 Å². The SMILES string of the molecule is CCOc1ccc(C(=O)Nc2cccc(-c3ccc(N4CCCCCC4)nn3)c2)cc1. The fourth-order valence-electron chi connectivity index (χ4n) is 3.78. The van der Waals surface area contributed by atoms with Crippen molar-refractivity contribution in [1.82, 2.24) is 10.2 Å². The summed E-state index contributed by atoms with van der Waals surface area (Å²) in [5.41, 5.74) is 3.00. The van der Waals surface area contributed by atoms with Gasteiger partial charge in [0.05, 0.1) is 12.3 Å². The highest BCUT2D eigenvalue weighted by Crippen LogP contribution is 2.23. The Hall–Kier alpha value is -3.41. The first kappa shape index (κ1) is 20.8. The third kappa shape index (κ3) is 5.40. The number of aromatic nitrogens is 2. The first-order chi connectivity index (χ1) is 15.2. The van der Waals surface area contributed by atoms with Crippen LogP contribution in [0, 0.1) is 0 Å². The molecule has 0 saturated carbocycles. The van der Waals surface area contributed by atoms with E-state index >= 15 is 0 Å². The summed E-state index contributed by atoms with van der Waals surface area (Å²) < 4.78 is 5.43. The van der Waals surface area contributed by atoms with E-state index in [4.69, 9.17) is 4.74 Å². The van der Waals surface area contributed by atoms with Gasteiger partial charge in [0.1, 0.15) is 5.75 Å². The van der Waals surface area contributed by atoms with Crippen LogP contribution in [-0.4, -0.2) is 35.8 Å². The minimum absolute atomic E-state index is 0.164. The Morgan fingerprint density at radius 3 is 2.42 bits per heavy atom. The number of hydrogen-bond donors (Lipinski definition) is 1. The van der Waals surface area contributed by atoms with E-state index in [1.807, 2.05) is 43.3 Å². The van der Waals surface area contributed by atoms with E-state index in [1.165, 1.54) is 25.7 Å². The van der Waals surface area contributed by atoms with Gasteiger partial charge in [-0.1, -0.05) is 25.0 Å². The lowest BCUT2D eigenvalue weighted by molar-refractivity contribution is 0.102. The van der Waals surface area contributed by atoms with E-state index in [0.29, 0.717) is 12.2 Å². The highest BCUT2D eigenvalue weighted by atomic mass is 16.5. The Balaban J connectivity index is 1.44. The van der Waals surface area contributed by atoms with Crippen molar-refractivity contribution < 1.29 is 9.53 Å². The number of carbonyl (C=O) groups excluding carboxylic acids is 1. The Morgan fingerprint density at radius 1 is 0.968 bits per heavy atom. The van der Waals surface area contributed by atoms with E-state index < -0.39 is 0 Å². The average molecular weight is 417 g/mol. The highest BCUT2D eigenvalue weighted by molar-refractivity contribution is 6.04. The van der Waals surface area contributed by atoms with Crippen molar-refractivity contribution in [2.45, 2.75) is 32.6 Å². The van der Waals surface area contributed by atoms with Crippen LogP contribution in [-0.2, 0) is 0 Å². The zero-order valence-electron chi connectivity index (χ0n) is 17.9. The van der Waals surface area contributed by atoms with Gasteiger partial charge in [-0.2, -0.15) is 0 Å². The number of nitrogens with one attached hydrogen (secondary N) is 1. The summed E-state index contributed by atoms with van der Waals surface area (Å²) in [6.45, 7) is 4.61. The molecule has 1 aliphatic rings. The number of carbonyl (C=O) groups is 1. The van der Waals surface area contributed by atoms with Gasteiger partial charge < -0.3 is 15.0 Å². The molecule has 160 valence electrons. The predicted molar refractivity (Wildman–Crippen MR) is 124 cm³/mol. The molecule has 0 unspecified atom stereocenters. The molecule has 1 N–H and O–H groups in total. The summed E-state index contributed by atoms with van der Waals surface area (Å²) in [6, 6.07) is 18.8. The fourth-order valence-corrected chi connectivity index (χ4v) is 3.78. The minimum Gasteiger partial charge on any atom is -0.494 e. The molecule has 31 heavy (non-hydrogen) atoms. The molecule has 0 atom stereocenters. The van der Waals surface area contributed by atoms with Crippen LogP contribution in [0.4, 0.5) is 11.5 Å². The van der Waals surface area contributed by atoms with Crippen LogP contribution in [0.15, 0.2) is 60.7 Å². The zero-order chi connectivity index (χ0) is 21.5. The summed E-state index contributed by atoms with van der Waals surface area (Å²) >= 11 is 0. The van der Waals surface area contributed by atoms with Gasteiger partial charge >= 0.3 is 0 Å². The molecule has 0 bridgehead atoms. The van der Waals surface area contributed by atoms with Crippen molar-refractivity contribution in [3.8, 4) is 17.0 Å². The Labute approximate surface area is 183 Å². The van der Waals surface area contributed by atoms with Crippen LogP contribution in [0.2, 0.25) is 0 Å². The zero-order valence-corrected chi connectivity index (χ0v) is 17.9. The van der Waals surface area contributed by atoms with Crippen molar-refractivity contribution >= 4 is 17.4 Å². The van der Waals surface area contributed by atoms with Gasteiger partial charge in [0.25, 0.3) is 5.91 Å². The van der Waals surface area contributed by atoms with Gasteiger partial charge in [0.2, 0.25) is 0 Å². The lowest BCUT2D eigenvalue weighted by atomic mass is 10.1. The number of hydrogen-bond acceptors (Lipinski definition) is 5. The molecule has 0 aliphatic carbocycles. The summed E-state index contributed by atoms with van der Waals surface area (Å²) in [5.74, 6) is 1.52. The van der Waals surface area contributed by atoms with Crippen LogP contribution in [0.3, 0.4) is 0 Å². The molecule has 2 aromatic carbocycles. The number of nitrogens with zero attached hydrogens (tertiary/aromatic N) is 3. The molecule has 0 spiro atoms. The predicted octanol–water partition coefficient (Wildman–Crippen LogP) is 5.18. The number of benzene rings is 2. The number of rotatable bonds is 6. The van der Waals surface area contributed by atoms with Crippen molar-refractivity contribution in [1.29, 1.82) is 0 Å². The van der Waals surface area contributed by atoms with Crippen LogP contribution in [0.5, 0.6) is 5.75 Å². The summed E-state index contributed by atoms with van der Waals surface area (Å²) in [6.07, 6.45) is 4.99. The summed E-state index contributed by atoms with van der Waals surface area (Å²) in [7, 11) is 0. The average Bonchev–Trinajstić information content (AvgIpc) is 3.10. The molecule has 1 aliphatic heterocycles. The van der Waals surface area contributed by atoms with Crippen LogP contribution < -0.4 is 15.0 Å². The van der Waals surface area contributed by atoms with Gasteiger partial charge in [-0.3, -0.25) is 4.79 Å². The largest absolute Gasteiger partial charge is 0.494 e. The summed E-state index contributed by atoms with van der Waals surface area (Å²) in [4.78, 5) is 14.9. The van der Waals surface area contributed by atoms with E-state index in [0.717, 1.165) is 41.6 Å². The molecule has 3 aromatic rings. The molecule has 1 aromatic heterocycles. The molecule has 1 fully saturated rings. The van der Waals surface area contributed by atoms with E-state index in [2.05, 4.69) is 20.4 Å². The number of ether oxygens (including phenoxy) is 1. The van der Waals surface area contributed by atoms with Crippen LogP contribution in [0.1, 0.15) is 43.0 Å². The monoisotopic (exact) mass is 416 g/mol. The van der Waals surface area contributed by atoms with Crippen LogP contribution >= 0.6 is 0 Å². The third-order valence-electron chi connectivity index (χ3n) is 5.42. The van der Waals surface area contributed by atoms with Crippen molar-refractivity contribution in [3.05, 3.63) is 66.2 Å². The van der Waals surface area contributed by atoms with Crippen molar-refractivity contribution in [2.24, 2.45) is 0 Å². The molecule has 4 rings (SSSR count). The smallest absolute Gasteiger partial charge is 0.255 e. The summed E-state index contributed by atoms with van der Waals surface area (Å²) in [5, 5.41) is 11.9. The lowest BCUT2D eigenvalue weighted by Crippen LogP contribution is -2.25. The standard InChI is InChI=1S/C25H28N4O2/c1-2-31-22-12-10-19(11-13-22)25(30)26-21-9-7-8-20(18-21)23-14-15-24(28-27-23)29-16-5-3-4-6-17-29/h7-15,18H,2-6,16-17H2,1H3,(H,26,30). The Bertz CT molecular complexity index is 995. The van der Waals surface area contributed by atoms with E-state index in [-0.39, 0.29) is 5.91 Å². The molecule has 2 heterocycles. The Morgan fingerprint density at radius 2 is 1.74 bits per heavy atom. The van der Waals surface area contributed by atoms with Gasteiger partial charge in [-0.15, -0.1) is 10.2 Å². The van der Waals surface area contributed by atoms with E-state index in [1.54, 1.807) is 24.3 Å². The maximum atomic E-state index is 12.6. The number of anilines is 2. The first-order valence-electron chi connectivity index (χ1n) is 11.0. The van der Waals surface area contributed by atoms with Gasteiger partial charge in [-0.05, 0) is 68.3 Å². The third-order valence-corrected chi connectivity index (χ3v) is 5.42. The maximum absolute atomic E-state index is 12.6. The Kier molecular flexibility index (Phi) is 6.77. The second kappa shape index (κ2) is 10.1. The maximum Gasteiger partial charge on any atom is 0.255 e. The number of amides is 1. The highest BCUT2D eigenvalue weighted by Gasteiger charge is 2.12. The minimum atomic E-state index is -0.164.